The quantitative estimate of drug-likeness (QED) is 0.711. The van der Waals surface area contributed by atoms with E-state index in [1.165, 1.54) is 0 Å². The predicted molar refractivity (Wildman–Crippen MR) is 54.8 cm³/mol. The standard InChI is InChI=1S/C11H16O4/c1-13-7-10-3-4-11(15-10,8-14-2)6-9(12)5-10/h3-5,12H,6-8H2,1-2H3/t10-,11+/m0/s1. The van der Waals surface area contributed by atoms with Gasteiger partial charge < -0.3 is 19.3 Å². The minimum absolute atomic E-state index is 0.334. The molecule has 4 nitrogen and oxygen atoms in total. The molecule has 2 rings (SSSR count). The fourth-order valence-electron chi connectivity index (χ4n) is 2.27. The molecule has 0 aromatic rings. The molecule has 84 valence electrons. The third-order valence-corrected chi connectivity index (χ3v) is 2.71. The molecule has 0 fully saturated rings. The van der Waals surface area contributed by atoms with Crippen LogP contribution in [0.15, 0.2) is 24.0 Å². The van der Waals surface area contributed by atoms with Crippen molar-refractivity contribution >= 4 is 0 Å². The van der Waals surface area contributed by atoms with Crippen LogP contribution in [-0.4, -0.2) is 43.7 Å². The highest BCUT2D eigenvalue weighted by Gasteiger charge is 2.48. The summed E-state index contributed by atoms with van der Waals surface area (Å²) >= 11 is 0. The molecule has 2 heterocycles. The van der Waals surface area contributed by atoms with Crippen molar-refractivity contribution in [3.63, 3.8) is 0 Å². The van der Waals surface area contributed by atoms with Gasteiger partial charge in [-0.3, -0.25) is 0 Å². The SMILES string of the molecule is COC[C@]12C=C[C@](COC)(CC(O)=C1)O2. The predicted octanol–water partition coefficient (Wildman–Crippen LogP) is 1.19. The molecular weight excluding hydrogens is 196 g/mol. The van der Waals surface area contributed by atoms with E-state index in [1.807, 2.05) is 12.2 Å². The fraction of sp³-hybridized carbons (Fsp3) is 0.636. The first-order chi connectivity index (χ1) is 7.14. The number of fused-ring (bicyclic) bond motifs is 2. The normalized spacial score (nSPS) is 38.1. The average molecular weight is 212 g/mol. The summed E-state index contributed by atoms with van der Waals surface area (Å²) in [6.07, 6.45) is 6.05. The lowest BCUT2D eigenvalue weighted by atomic mass is 9.97. The highest BCUT2D eigenvalue weighted by atomic mass is 16.6. The lowest BCUT2D eigenvalue weighted by molar-refractivity contribution is -0.130. The molecular formula is C11H16O4. The zero-order valence-corrected chi connectivity index (χ0v) is 9.03. The topological polar surface area (TPSA) is 47.9 Å². The highest BCUT2D eigenvalue weighted by Crippen LogP contribution is 2.41. The Labute approximate surface area is 89.1 Å². The second kappa shape index (κ2) is 3.63. The summed E-state index contributed by atoms with van der Waals surface area (Å²) in [7, 11) is 3.24. The van der Waals surface area contributed by atoms with Crippen LogP contribution in [0, 0.1) is 0 Å². The van der Waals surface area contributed by atoms with Gasteiger partial charge in [-0.15, -0.1) is 0 Å². The third-order valence-electron chi connectivity index (χ3n) is 2.71. The Kier molecular flexibility index (Phi) is 2.58. The number of rotatable bonds is 4. The number of aliphatic hydroxyl groups excluding tert-OH is 1. The number of hydrogen-bond acceptors (Lipinski definition) is 4. The largest absolute Gasteiger partial charge is 0.512 e. The van der Waals surface area contributed by atoms with Crippen LogP contribution in [0.1, 0.15) is 6.42 Å². The molecule has 0 unspecified atom stereocenters. The van der Waals surface area contributed by atoms with Gasteiger partial charge in [0, 0.05) is 20.6 Å². The Morgan fingerprint density at radius 2 is 2.07 bits per heavy atom. The molecule has 0 aliphatic carbocycles. The van der Waals surface area contributed by atoms with E-state index in [4.69, 9.17) is 14.2 Å². The van der Waals surface area contributed by atoms with Gasteiger partial charge in [0.05, 0.1) is 19.0 Å². The van der Waals surface area contributed by atoms with Crippen molar-refractivity contribution in [3.05, 3.63) is 24.0 Å². The molecule has 0 radical (unpaired) electrons. The van der Waals surface area contributed by atoms with Crippen LogP contribution in [0.2, 0.25) is 0 Å². The Hall–Kier alpha value is -0.840. The monoisotopic (exact) mass is 212 g/mol. The molecule has 2 bridgehead atoms. The molecule has 2 aliphatic rings. The maximum atomic E-state index is 9.70. The van der Waals surface area contributed by atoms with Gasteiger partial charge in [-0.1, -0.05) is 6.08 Å². The number of hydrogen-bond donors (Lipinski definition) is 1. The maximum Gasteiger partial charge on any atom is 0.132 e. The molecule has 0 saturated carbocycles. The van der Waals surface area contributed by atoms with E-state index < -0.39 is 11.2 Å². The van der Waals surface area contributed by atoms with Crippen molar-refractivity contribution in [1.29, 1.82) is 0 Å². The first kappa shape index (κ1) is 10.7. The number of aliphatic hydroxyl groups is 1. The number of ether oxygens (including phenoxy) is 3. The summed E-state index contributed by atoms with van der Waals surface area (Å²) in [5, 5.41) is 9.70. The summed E-state index contributed by atoms with van der Waals surface area (Å²) in [6.45, 7) is 0.839. The lowest BCUT2D eigenvalue weighted by Gasteiger charge is -2.37. The van der Waals surface area contributed by atoms with Gasteiger partial charge in [0.1, 0.15) is 11.2 Å². The molecule has 0 saturated heterocycles. The van der Waals surface area contributed by atoms with Gasteiger partial charge in [-0.25, -0.2) is 0 Å². The van der Waals surface area contributed by atoms with Crippen molar-refractivity contribution in [3.8, 4) is 0 Å². The van der Waals surface area contributed by atoms with Crippen molar-refractivity contribution in [2.24, 2.45) is 0 Å². The fourth-order valence-corrected chi connectivity index (χ4v) is 2.27. The van der Waals surface area contributed by atoms with E-state index in [0.29, 0.717) is 25.4 Å². The first-order valence-corrected chi connectivity index (χ1v) is 4.93. The molecule has 0 amide bonds. The van der Waals surface area contributed by atoms with Crippen molar-refractivity contribution in [1.82, 2.24) is 0 Å². The maximum absolute atomic E-state index is 9.70. The molecule has 15 heavy (non-hydrogen) atoms. The Morgan fingerprint density at radius 1 is 1.33 bits per heavy atom. The van der Waals surface area contributed by atoms with Gasteiger partial charge in [0.15, 0.2) is 0 Å². The Morgan fingerprint density at radius 3 is 2.73 bits per heavy atom. The minimum atomic E-state index is -0.615. The average Bonchev–Trinajstić information content (AvgIpc) is 2.39. The zero-order valence-electron chi connectivity index (χ0n) is 9.03. The summed E-state index contributed by atoms with van der Waals surface area (Å²) in [6, 6.07) is 0. The van der Waals surface area contributed by atoms with Crippen LogP contribution in [-0.2, 0) is 14.2 Å². The van der Waals surface area contributed by atoms with E-state index in [2.05, 4.69) is 0 Å². The third kappa shape index (κ3) is 1.80. The molecule has 2 atom stereocenters. The molecule has 0 aromatic heterocycles. The smallest absolute Gasteiger partial charge is 0.132 e. The van der Waals surface area contributed by atoms with Crippen molar-refractivity contribution in [2.45, 2.75) is 17.6 Å². The van der Waals surface area contributed by atoms with Gasteiger partial charge in [-0.05, 0) is 12.2 Å². The summed E-state index contributed by atoms with van der Waals surface area (Å²) in [5.41, 5.74) is -1.14. The van der Waals surface area contributed by atoms with Gasteiger partial charge in [0.2, 0.25) is 0 Å². The van der Waals surface area contributed by atoms with Crippen LogP contribution in [0.25, 0.3) is 0 Å². The van der Waals surface area contributed by atoms with Crippen LogP contribution < -0.4 is 0 Å². The van der Waals surface area contributed by atoms with Crippen molar-refractivity contribution in [2.75, 3.05) is 27.4 Å². The molecule has 4 heteroatoms. The van der Waals surface area contributed by atoms with E-state index in [1.54, 1.807) is 20.3 Å². The Balaban J connectivity index is 2.25. The molecule has 0 aromatic carbocycles. The van der Waals surface area contributed by atoms with Gasteiger partial charge >= 0.3 is 0 Å². The summed E-state index contributed by atoms with van der Waals surface area (Å²) < 4.78 is 16.1. The summed E-state index contributed by atoms with van der Waals surface area (Å²) in [5.74, 6) is 0.334. The second-order valence-electron chi connectivity index (χ2n) is 4.13. The van der Waals surface area contributed by atoms with Crippen molar-refractivity contribution < 1.29 is 19.3 Å². The lowest BCUT2D eigenvalue weighted by Crippen LogP contribution is -2.45. The molecule has 0 spiro atoms. The summed E-state index contributed by atoms with van der Waals surface area (Å²) in [4.78, 5) is 0. The van der Waals surface area contributed by atoms with E-state index in [0.717, 1.165) is 0 Å². The van der Waals surface area contributed by atoms with Crippen LogP contribution in [0.5, 0.6) is 0 Å². The molecule has 1 N–H and O–H groups in total. The van der Waals surface area contributed by atoms with Gasteiger partial charge in [0.25, 0.3) is 0 Å². The van der Waals surface area contributed by atoms with E-state index >= 15 is 0 Å². The number of methoxy groups -OCH3 is 2. The zero-order chi connectivity index (χ0) is 10.9. The molecule has 2 aliphatic heterocycles. The van der Waals surface area contributed by atoms with Crippen LogP contribution in [0.4, 0.5) is 0 Å². The van der Waals surface area contributed by atoms with Crippen LogP contribution >= 0.6 is 0 Å². The van der Waals surface area contributed by atoms with E-state index in [-0.39, 0.29) is 0 Å². The Bertz CT molecular complexity index is 310. The van der Waals surface area contributed by atoms with Crippen LogP contribution in [0.3, 0.4) is 0 Å². The highest BCUT2D eigenvalue weighted by molar-refractivity contribution is 5.32. The minimum Gasteiger partial charge on any atom is -0.512 e. The second-order valence-corrected chi connectivity index (χ2v) is 4.13. The van der Waals surface area contributed by atoms with E-state index in [9.17, 15) is 5.11 Å². The first-order valence-electron chi connectivity index (χ1n) is 4.93. The van der Waals surface area contributed by atoms with Gasteiger partial charge in [-0.2, -0.15) is 0 Å².